The predicted octanol–water partition coefficient (Wildman–Crippen LogP) is 2.72. The number of anilines is 2. The van der Waals surface area contributed by atoms with Crippen LogP contribution in [-0.2, 0) is 10.0 Å². The highest BCUT2D eigenvalue weighted by atomic mass is 127. The first kappa shape index (κ1) is 14.4. The second-order valence-electron chi connectivity index (χ2n) is 3.65. The van der Waals surface area contributed by atoms with Gasteiger partial charge in [0.05, 0.1) is 15.6 Å². The summed E-state index contributed by atoms with van der Waals surface area (Å²) in [5.74, 6) is 0.136. The molecule has 0 radical (unpaired) electrons. The van der Waals surface area contributed by atoms with E-state index in [1.54, 1.807) is 18.2 Å². The fraction of sp³-hybridized carbons (Fsp3) is 0. The number of rotatable bonds is 3. The third kappa shape index (κ3) is 3.48. The van der Waals surface area contributed by atoms with Crippen molar-refractivity contribution >= 4 is 55.7 Å². The minimum absolute atomic E-state index is 0.0367. The van der Waals surface area contributed by atoms with E-state index in [1.165, 1.54) is 18.3 Å². The van der Waals surface area contributed by atoms with Crippen LogP contribution >= 0.6 is 34.2 Å². The maximum atomic E-state index is 12.1. The first-order chi connectivity index (χ1) is 8.88. The monoisotopic (exact) mass is 409 g/mol. The van der Waals surface area contributed by atoms with Gasteiger partial charge < -0.3 is 5.73 Å². The van der Waals surface area contributed by atoms with Gasteiger partial charge in [0.2, 0.25) is 0 Å². The molecule has 0 saturated carbocycles. The van der Waals surface area contributed by atoms with Crippen LogP contribution < -0.4 is 10.5 Å². The molecule has 5 nitrogen and oxygen atoms in total. The van der Waals surface area contributed by atoms with Gasteiger partial charge in [-0.2, -0.15) is 0 Å². The molecule has 0 unspecified atom stereocenters. The molecule has 1 aromatic heterocycles. The van der Waals surface area contributed by atoms with Gasteiger partial charge in [-0.25, -0.2) is 13.4 Å². The van der Waals surface area contributed by atoms with Gasteiger partial charge in [-0.1, -0.05) is 11.6 Å². The van der Waals surface area contributed by atoms with Crippen LogP contribution in [-0.4, -0.2) is 13.4 Å². The molecule has 19 heavy (non-hydrogen) atoms. The average molecular weight is 410 g/mol. The number of nitrogens with zero attached hydrogens (tertiary/aromatic N) is 1. The number of sulfonamides is 1. The van der Waals surface area contributed by atoms with E-state index in [4.69, 9.17) is 17.3 Å². The second kappa shape index (κ2) is 5.51. The third-order valence-corrected chi connectivity index (χ3v) is 4.59. The van der Waals surface area contributed by atoms with Crippen LogP contribution in [0.2, 0.25) is 5.02 Å². The molecule has 1 heterocycles. The topological polar surface area (TPSA) is 85.1 Å². The molecule has 0 aliphatic heterocycles. The number of nitrogens with two attached hydrogens (primary N) is 1. The highest BCUT2D eigenvalue weighted by Crippen LogP contribution is 2.26. The minimum atomic E-state index is -3.73. The molecule has 0 saturated heterocycles. The van der Waals surface area contributed by atoms with Gasteiger partial charge in [0.15, 0.2) is 0 Å². The summed E-state index contributed by atoms with van der Waals surface area (Å²) >= 11 is 8.07. The quantitative estimate of drug-likeness (QED) is 0.763. The Morgan fingerprint density at radius 2 is 2.00 bits per heavy atom. The first-order valence-electron chi connectivity index (χ1n) is 5.08. The van der Waals surface area contributed by atoms with Crippen molar-refractivity contribution in [2.24, 2.45) is 0 Å². The molecule has 0 spiro atoms. The molecular weight excluding hydrogens is 401 g/mol. The first-order valence-corrected chi connectivity index (χ1v) is 8.02. The van der Waals surface area contributed by atoms with Crippen molar-refractivity contribution in [1.29, 1.82) is 0 Å². The summed E-state index contributed by atoms with van der Waals surface area (Å²) in [6.45, 7) is 0. The lowest BCUT2D eigenvalue weighted by Gasteiger charge is -2.10. The van der Waals surface area contributed by atoms with Gasteiger partial charge in [0.25, 0.3) is 10.0 Å². The number of halogens is 2. The van der Waals surface area contributed by atoms with Crippen molar-refractivity contribution in [2.45, 2.75) is 4.90 Å². The van der Waals surface area contributed by atoms with Gasteiger partial charge in [-0.05, 0) is 46.9 Å². The van der Waals surface area contributed by atoms with Crippen molar-refractivity contribution in [3.8, 4) is 0 Å². The second-order valence-corrected chi connectivity index (χ2v) is 6.98. The number of aromatic nitrogens is 1. The highest BCUT2D eigenvalue weighted by molar-refractivity contribution is 14.1. The van der Waals surface area contributed by atoms with Crippen molar-refractivity contribution in [3.63, 3.8) is 0 Å². The summed E-state index contributed by atoms with van der Waals surface area (Å²) < 4.78 is 27.6. The maximum Gasteiger partial charge on any atom is 0.262 e. The Morgan fingerprint density at radius 3 is 2.63 bits per heavy atom. The lowest BCUT2D eigenvalue weighted by atomic mass is 10.3. The van der Waals surface area contributed by atoms with Crippen LogP contribution in [0.1, 0.15) is 0 Å². The molecule has 100 valence electrons. The van der Waals surface area contributed by atoms with Gasteiger partial charge in [-0.3, -0.25) is 4.72 Å². The fourth-order valence-electron chi connectivity index (χ4n) is 1.37. The molecule has 3 N–H and O–H groups in total. The molecule has 2 aromatic rings. The number of nitrogen functional groups attached to an aromatic ring is 1. The van der Waals surface area contributed by atoms with Crippen molar-refractivity contribution in [3.05, 3.63) is 45.1 Å². The molecule has 1 aromatic carbocycles. The predicted molar refractivity (Wildman–Crippen MR) is 83.6 cm³/mol. The van der Waals surface area contributed by atoms with E-state index >= 15 is 0 Å². The van der Waals surface area contributed by atoms with E-state index in [9.17, 15) is 8.42 Å². The summed E-state index contributed by atoms with van der Waals surface area (Å²) in [5.41, 5.74) is 5.79. The molecule has 0 aliphatic rings. The van der Waals surface area contributed by atoms with Gasteiger partial charge in [-0.15, -0.1) is 0 Å². The van der Waals surface area contributed by atoms with Gasteiger partial charge in [0, 0.05) is 15.8 Å². The van der Waals surface area contributed by atoms with Crippen molar-refractivity contribution in [2.75, 3.05) is 10.5 Å². The van der Waals surface area contributed by atoms with Crippen molar-refractivity contribution < 1.29 is 8.42 Å². The standard InChI is InChI=1S/C11H9ClIN3O2S/c12-9-5-7(13)1-2-10(9)16-19(17,18)8-3-4-15-11(14)6-8/h1-6,16H,(H2,14,15). The average Bonchev–Trinajstić information content (AvgIpc) is 2.33. The maximum absolute atomic E-state index is 12.1. The normalized spacial score (nSPS) is 11.3. The number of nitrogens with one attached hydrogen (secondary N) is 1. The lowest BCUT2D eigenvalue weighted by molar-refractivity contribution is 0.601. The molecule has 0 atom stereocenters. The summed E-state index contributed by atoms with van der Waals surface area (Å²) in [5, 5.41) is 0.331. The highest BCUT2D eigenvalue weighted by Gasteiger charge is 2.16. The van der Waals surface area contributed by atoms with E-state index in [0.717, 1.165) is 3.57 Å². The minimum Gasteiger partial charge on any atom is -0.384 e. The number of hydrogen-bond acceptors (Lipinski definition) is 4. The fourth-order valence-corrected chi connectivity index (χ4v) is 3.43. The van der Waals surface area contributed by atoms with E-state index in [0.29, 0.717) is 10.7 Å². The van der Waals surface area contributed by atoms with Crippen LogP contribution in [0.4, 0.5) is 11.5 Å². The molecule has 8 heteroatoms. The molecule has 0 amide bonds. The smallest absolute Gasteiger partial charge is 0.262 e. The van der Waals surface area contributed by atoms with Gasteiger partial charge >= 0.3 is 0 Å². The SMILES string of the molecule is Nc1cc(S(=O)(=O)Nc2ccc(I)cc2Cl)ccn1. The largest absolute Gasteiger partial charge is 0.384 e. The van der Waals surface area contributed by atoms with E-state index in [-0.39, 0.29) is 10.7 Å². The van der Waals surface area contributed by atoms with E-state index in [1.807, 2.05) is 0 Å². The Morgan fingerprint density at radius 1 is 1.26 bits per heavy atom. The Hall–Kier alpha value is -1.06. The van der Waals surface area contributed by atoms with E-state index < -0.39 is 10.0 Å². The van der Waals surface area contributed by atoms with Crippen LogP contribution in [0.25, 0.3) is 0 Å². The molecular formula is C11H9ClIN3O2S. The van der Waals surface area contributed by atoms with Crippen LogP contribution in [0.5, 0.6) is 0 Å². The molecule has 0 fully saturated rings. The Bertz CT molecular complexity index is 722. The van der Waals surface area contributed by atoms with E-state index in [2.05, 4.69) is 32.3 Å². The lowest BCUT2D eigenvalue weighted by Crippen LogP contribution is -2.13. The Kier molecular flexibility index (Phi) is 4.16. The number of benzene rings is 1. The summed E-state index contributed by atoms with van der Waals surface area (Å²) in [7, 11) is -3.73. The van der Waals surface area contributed by atoms with Gasteiger partial charge in [0.1, 0.15) is 5.82 Å². The zero-order chi connectivity index (χ0) is 14.0. The third-order valence-electron chi connectivity index (χ3n) is 2.24. The Balaban J connectivity index is 2.36. The molecule has 2 rings (SSSR count). The number of hydrogen-bond donors (Lipinski definition) is 2. The zero-order valence-electron chi connectivity index (χ0n) is 9.47. The number of pyridine rings is 1. The van der Waals surface area contributed by atoms with Crippen molar-refractivity contribution in [1.82, 2.24) is 4.98 Å². The summed E-state index contributed by atoms with van der Waals surface area (Å²) in [4.78, 5) is 3.78. The summed E-state index contributed by atoms with van der Waals surface area (Å²) in [6, 6.07) is 7.67. The Labute approximate surface area is 129 Å². The van der Waals surface area contributed by atoms with Crippen LogP contribution in [0.3, 0.4) is 0 Å². The molecule has 0 aliphatic carbocycles. The van der Waals surface area contributed by atoms with Crippen LogP contribution in [0, 0.1) is 3.57 Å². The summed E-state index contributed by atoms with van der Waals surface area (Å²) in [6.07, 6.45) is 1.33. The van der Waals surface area contributed by atoms with Crippen LogP contribution in [0.15, 0.2) is 41.4 Å². The molecule has 0 bridgehead atoms. The zero-order valence-corrected chi connectivity index (χ0v) is 13.2.